The highest BCUT2D eigenvalue weighted by molar-refractivity contribution is 6.31. The fraction of sp³-hybridized carbons (Fsp3) is 0.462. The van der Waals surface area contributed by atoms with Gasteiger partial charge in [-0.05, 0) is 37.0 Å². The average Bonchev–Trinajstić information content (AvgIpc) is 2.18. The summed E-state index contributed by atoms with van der Waals surface area (Å²) in [4.78, 5) is 10.7. The van der Waals surface area contributed by atoms with Crippen LogP contribution in [0.5, 0.6) is 0 Å². The van der Waals surface area contributed by atoms with E-state index in [1.807, 2.05) is 25.1 Å². The summed E-state index contributed by atoms with van der Waals surface area (Å²) >= 11 is 6.09. The summed E-state index contributed by atoms with van der Waals surface area (Å²) in [6.45, 7) is 1.95. The van der Waals surface area contributed by atoms with Gasteiger partial charge in [0, 0.05) is 11.4 Å². The first-order valence-corrected chi connectivity index (χ1v) is 5.98. The smallest absolute Gasteiger partial charge is 0.306 e. The van der Waals surface area contributed by atoms with Gasteiger partial charge in [0.25, 0.3) is 0 Å². The van der Waals surface area contributed by atoms with E-state index < -0.39 is 17.5 Å². The Morgan fingerprint density at radius 1 is 1.53 bits per heavy atom. The van der Waals surface area contributed by atoms with E-state index in [0.29, 0.717) is 24.3 Å². The summed E-state index contributed by atoms with van der Waals surface area (Å²) in [5.41, 5.74) is 1.05. The lowest BCUT2D eigenvalue weighted by molar-refractivity contribution is -0.158. The molecule has 0 amide bonds. The predicted octanol–water partition coefficient (Wildman–Crippen LogP) is 2.42. The highest BCUT2D eigenvalue weighted by Crippen LogP contribution is 2.41. The van der Waals surface area contributed by atoms with Crippen molar-refractivity contribution in [2.75, 3.05) is 0 Å². The molecule has 0 heterocycles. The molecule has 1 aliphatic carbocycles. The summed E-state index contributed by atoms with van der Waals surface area (Å²) in [5, 5.41) is 19.6. The number of carbonyl (C=O) groups is 1. The van der Waals surface area contributed by atoms with Gasteiger partial charge in [0.15, 0.2) is 0 Å². The lowest BCUT2D eigenvalue weighted by Crippen LogP contribution is -2.48. The minimum atomic E-state index is -0.901. The van der Waals surface area contributed by atoms with Crippen molar-refractivity contribution in [1.29, 1.82) is 0 Å². The lowest BCUT2D eigenvalue weighted by Gasteiger charge is -2.41. The highest BCUT2D eigenvalue weighted by Gasteiger charge is 2.46. The molecule has 0 aromatic heterocycles. The zero-order valence-electron chi connectivity index (χ0n) is 9.61. The van der Waals surface area contributed by atoms with Crippen LogP contribution in [0.2, 0.25) is 5.02 Å². The molecule has 0 saturated heterocycles. The van der Waals surface area contributed by atoms with Gasteiger partial charge in [0.05, 0.1) is 11.5 Å². The molecule has 17 heavy (non-hydrogen) atoms. The van der Waals surface area contributed by atoms with Crippen LogP contribution in [0.3, 0.4) is 0 Å². The van der Waals surface area contributed by atoms with E-state index in [4.69, 9.17) is 16.7 Å². The molecule has 3 nitrogen and oxygen atoms in total. The van der Waals surface area contributed by atoms with Crippen LogP contribution in [0.25, 0.3) is 0 Å². The second kappa shape index (κ2) is 4.31. The van der Waals surface area contributed by atoms with Crippen LogP contribution in [0.15, 0.2) is 18.2 Å². The molecule has 0 bridgehead atoms. The maximum Gasteiger partial charge on any atom is 0.306 e. The second-order valence-electron chi connectivity index (χ2n) is 4.94. The zero-order valence-corrected chi connectivity index (χ0v) is 10.4. The molecule has 0 unspecified atom stereocenters. The van der Waals surface area contributed by atoms with E-state index >= 15 is 0 Å². The van der Waals surface area contributed by atoms with Gasteiger partial charge in [0.1, 0.15) is 0 Å². The molecule has 0 radical (unpaired) electrons. The Balaban J connectivity index is 2.05. The van der Waals surface area contributed by atoms with Gasteiger partial charge in [0.2, 0.25) is 0 Å². The number of hydrogen-bond donors (Lipinski definition) is 2. The van der Waals surface area contributed by atoms with Gasteiger partial charge in [-0.2, -0.15) is 0 Å². The van der Waals surface area contributed by atoms with Gasteiger partial charge in [-0.3, -0.25) is 4.79 Å². The molecule has 0 atom stereocenters. The van der Waals surface area contributed by atoms with Crippen LogP contribution in [-0.2, 0) is 11.2 Å². The monoisotopic (exact) mass is 254 g/mol. The first-order valence-electron chi connectivity index (χ1n) is 5.60. The summed E-state index contributed by atoms with van der Waals surface area (Å²) in [6, 6.07) is 5.69. The quantitative estimate of drug-likeness (QED) is 0.871. The number of carboxylic acids is 1. The van der Waals surface area contributed by atoms with Gasteiger partial charge < -0.3 is 10.2 Å². The van der Waals surface area contributed by atoms with Crippen molar-refractivity contribution in [1.82, 2.24) is 0 Å². The van der Waals surface area contributed by atoms with Crippen molar-refractivity contribution in [3.63, 3.8) is 0 Å². The van der Waals surface area contributed by atoms with Crippen LogP contribution >= 0.6 is 11.6 Å². The molecule has 1 fully saturated rings. The molecular weight excluding hydrogens is 240 g/mol. The number of aliphatic carboxylic acids is 1. The highest BCUT2D eigenvalue weighted by atomic mass is 35.5. The standard InChI is InChI=1S/C13H15ClO3/c1-8-2-3-9(11(14)4-8)5-13(17)6-10(7-13)12(15)16/h2-4,10,17H,5-7H2,1H3,(H,15,16). The van der Waals surface area contributed by atoms with Gasteiger partial charge in [-0.1, -0.05) is 23.7 Å². The molecule has 2 N–H and O–H groups in total. The average molecular weight is 255 g/mol. The van der Waals surface area contributed by atoms with Gasteiger partial charge in [-0.25, -0.2) is 0 Å². The van der Waals surface area contributed by atoms with Crippen LogP contribution in [-0.4, -0.2) is 21.8 Å². The second-order valence-corrected chi connectivity index (χ2v) is 5.35. The number of rotatable bonds is 3. The fourth-order valence-corrected chi connectivity index (χ4v) is 2.63. The third-order valence-corrected chi connectivity index (χ3v) is 3.68. The first-order chi connectivity index (χ1) is 7.89. The number of aliphatic hydroxyl groups is 1. The summed E-state index contributed by atoms with van der Waals surface area (Å²) < 4.78 is 0. The Labute approximate surface area is 105 Å². The Kier molecular flexibility index (Phi) is 3.15. The first kappa shape index (κ1) is 12.4. The molecule has 92 valence electrons. The Morgan fingerprint density at radius 2 is 2.18 bits per heavy atom. The number of hydrogen-bond acceptors (Lipinski definition) is 2. The number of carboxylic acid groups (broad SMARTS) is 1. The zero-order chi connectivity index (χ0) is 12.6. The molecule has 1 aromatic rings. The van der Waals surface area contributed by atoms with Crippen molar-refractivity contribution < 1.29 is 15.0 Å². The molecule has 1 aliphatic rings. The van der Waals surface area contributed by atoms with E-state index in [1.54, 1.807) is 0 Å². The van der Waals surface area contributed by atoms with Crippen LogP contribution in [0.1, 0.15) is 24.0 Å². The molecular formula is C13H15ClO3. The van der Waals surface area contributed by atoms with E-state index in [0.717, 1.165) is 11.1 Å². The summed E-state index contributed by atoms with van der Waals surface area (Å²) in [7, 11) is 0. The maximum absolute atomic E-state index is 10.7. The molecule has 2 rings (SSSR count). The largest absolute Gasteiger partial charge is 0.481 e. The Hall–Kier alpha value is -1.06. The fourth-order valence-electron chi connectivity index (χ4n) is 2.33. The van der Waals surface area contributed by atoms with Crippen molar-refractivity contribution in [3.05, 3.63) is 34.3 Å². The van der Waals surface area contributed by atoms with E-state index in [-0.39, 0.29) is 0 Å². The molecule has 4 heteroatoms. The lowest BCUT2D eigenvalue weighted by atomic mass is 9.68. The van der Waals surface area contributed by atoms with Crippen LogP contribution < -0.4 is 0 Å². The van der Waals surface area contributed by atoms with Crippen molar-refractivity contribution >= 4 is 17.6 Å². The maximum atomic E-state index is 10.7. The van der Waals surface area contributed by atoms with Crippen LogP contribution in [0, 0.1) is 12.8 Å². The van der Waals surface area contributed by atoms with Crippen molar-refractivity contribution in [3.8, 4) is 0 Å². The minimum Gasteiger partial charge on any atom is -0.481 e. The van der Waals surface area contributed by atoms with E-state index in [9.17, 15) is 9.90 Å². The third-order valence-electron chi connectivity index (χ3n) is 3.33. The van der Waals surface area contributed by atoms with E-state index in [1.165, 1.54) is 0 Å². The number of aryl methyl sites for hydroxylation is 1. The summed E-state index contributed by atoms with van der Waals surface area (Å²) in [5.74, 6) is -1.24. The molecule has 0 aliphatic heterocycles. The minimum absolute atomic E-state index is 0.312. The number of halogens is 1. The predicted molar refractivity (Wildman–Crippen MR) is 65.2 cm³/mol. The molecule has 0 spiro atoms. The van der Waals surface area contributed by atoms with Crippen molar-refractivity contribution in [2.24, 2.45) is 5.92 Å². The molecule has 1 saturated carbocycles. The van der Waals surface area contributed by atoms with Crippen LogP contribution in [0.4, 0.5) is 0 Å². The molecule has 1 aromatic carbocycles. The normalized spacial score (nSPS) is 27.6. The third kappa shape index (κ3) is 2.61. The topological polar surface area (TPSA) is 57.5 Å². The Morgan fingerprint density at radius 3 is 2.71 bits per heavy atom. The summed E-state index contributed by atoms with van der Waals surface area (Å²) in [6.07, 6.45) is 1.05. The van der Waals surface area contributed by atoms with Gasteiger partial charge >= 0.3 is 5.97 Å². The SMILES string of the molecule is Cc1ccc(CC2(O)CC(C(=O)O)C2)c(Cl)c1. The van der Waals surface area contributed by atoms with E-state index in [2.05, 4.69) is 0 Å². The number of benzene rings is 1. The Bertz CT molecular complexity index is 450. The van der Waals surface area contributed by atoms with Gasteiger partial charge in [-0.15, -0.1) is 0 Å². The van der Waals surface area contributed by atoms with Crippen molar-refractivity contribution in [2.45, 2.75) is 31.8 Å².